The summed E-state index contributed by atoms with van der Waals surface area (Å²) in [6, 6.07) is 3.81. The highest BCUT2D eigenvalue weighted by molar-refractivity contribution is 7.18. The molecule has 0 N–H and O–H groups in total. The summed E-state index contributed by atoms with van der Waals surface area (Å²) in [5, 5.41) is 1.02. The smallest absolute Gasteiger partial charge is 0.308 e. The Kier molecular flexibility index (Phi) is 2.44. The molecule has 0 aliphatic carbocycles. The highest BCUT2D eigenvalue weighted by Crippen LogP contribution is 2.29. The summed E-state index contributed by atoms with van der Waals surface area (Å²) in [4.78, 5) is 15.2. The van der Waals surface area contributed by atoms with Crippen LogP contribution in [0.4, 0.5) is 0 Å². The first-order chi connectivity index (χ1) is 7.06. The second-order valence-corrected chi connectivity index (χ2v) is 4.65. The van der Waals surface area contributed by atoms with Crippen molar-refractivity contribution in [2.24, 2.45) is 0 Å². The first-order valence-electron chi connectivity index (χ1n) is 4.62. The van der Waals surface area contributed by atoms with E-state index >= 15 is 0 Å². The Balaban J connectivity index is 2.55. The lowest BCUT2D eigenvalue weighted by Gasteiger charge is -2.04. The average molecular weight is 221 g/mol. The molecule has 78 valence electrons. The lowest BCUT2D eigenvalue weighted by atomic mass is 10.2. The molecule has 0 amide bonds. The van der Waals surface area contributed by atoms with Crippen LogP contribution in [0.15, 0.2) is 12.1 Å². The van der Waals surface area contributed by atoms with Gasteiger partial charge in [0.15, 0.2) is 0 Å². The first-order valence-corrected chi connectivity index (χ1v) is 5.44. The number of hydrogen-bond acceptors (Lipinski definition) is 4. The molecule has 1 aromatic carbocycles. The Morgan fingerprint density at radius 1 is 1.40 bits per heavy atom. The molecular formula is C11H11NO2S. The van der Waals surface area contributed by atoms with E-state index in [9.17, 15) is 4.79 Å². The number of aryl methyl sites for hydroxylation is 2. The van der Waals surface area contributed by atoms with E-state index in [-0.39, 0.29) is 5.97 Å². The molecule has 0 bridgehead atoms. The third kappa shape index (κ3) is 1.99. The molecule has 2 aromatic rings. The molecule has 0 aliphatic heterocycles. The number of rotatable bonds is 1. The van der Waals surface area contributed by atoms with Crippen molar-refractivity contribution in [3.63, 3.8) is 0 Å². The molecule has 0 atom stereocenters. The van der Waals surface area contributed by atoms with Crippen molar-refractivity contribution in [2.75, 3.05) is 0 Å². The van der Waals surface area contributed by atoms with Crippen LogP contribution >= 0.6 is 11.3 Å². The number of benzene rings is 1. The quantitative estimate of drug-likeness (QED) is 0.549. The highest BCUT2D eigenvalue weighted by atomic mass is 32.1. The molecule has 4 heteroatoms. The van der Waals surface area contributed by atoms with Gasteiger partial charge in [-0.2, -0.15) is 0 Å². The second-order valence-electron chi connectivity index (χ2n) is 3.41. The molecule has 1 aromatic heterocycles. The number of ether oxygens (including phenoxy) is 1. The third-order valence-corrected chi connectivity index (χ3v) is 2.98. The molecule has 1 heterocycles. The van der Waals surface area contributed by atoms with Crippen LogP contribution in [-0.4, -0.2) is 11.0 Å². The van der Waals surface area contributed by atoms with Gasteiger partial charge in [0, 0.05) is 13.0 Å². The minimum Gasteiger partial charge on any atom is -0.426 e. The summed E-state index contributed by atoms with van der Waals surface area (Å²) in [6.07, 6.45) is 0. The zero-order valence-electron chi connectivity index (χ0n) is 8.83. The van der Waals surface area contributed by atoms with Gasteiger partial charge in [-0.1, -0.05) is 0 Å². The van der Waals surface area contributed by atoms with E-state index in [1.54, 1.807) is 11.3 Å². The van der Waals surface area contributed by atoms with E-state index in [2.05, 4.69) is 4.98 Å². The Morgan fingerprint density at radius 3 is 2.80 bits per heavy atom. The Hall–Kier alpha value is -1.42. The van der Waals surface area contributed by atoms with E-state index in [1.165, 1.54) is 6.92 Å². The molecule has 0 aliphatic rings. The van der Waals surface area contributed by atoms with E-state index < -0.39 is 0 Å². The van der Waals surface area contributed by atoms with E-state index in [4.69, 9.17) is 4.74 Å². The number of carbonyl (C=O) groups excluding carboxylic acids is 1. The molecule has 0 radical (unpaired) electrons. The molecule has 0 saturated carbocycles. The number of aromatic nitrogens is 1. The number of nitrogens with zero attached hydrogens (tertiary/aromatic N) is 1. The fourth-order valence-electron chi connectivity index (χ4n) is 1.44. The van der Waals surface area contributed by atoms with Crippen LogP contribution in [0.1, 0.15) is 17.5 Å². The van der Waals surface area contributed by atoms with Gasteiger partial charge in [-0.25, -0.2) is 4.98 Å². The van der Waals surface area contributed by atoms with E-state index in [1.807, 2.05) is 26.0 Å². The summed E-state index contributed by atoms with van der Waals surface area (Å²) in [5.41, 5.74) is 1.90. The summed E-state index contributed by atoms with van der Waals surface area (Å²) in [7, 11) is 0. The van der Waals surface area contributed by atoms with Gasteiger partial charge in [-0.05, 0) is 25.5 Å². The van der Waals surface area contributed by atoms with Crippen LogP contribution in [0.25, 0.3) is 10.2 Å². The number of hydrogen-bond donors (Lipinski definition) is 0. The molecule has 0 fully saturated rings. The van der Waals surface area contributed by atoms with Gasteiger partial charge in [0.25, 0.3) is 0 Å². The molecule has 0 unspecified atom stereocenters. The van der Waals surface area contributed by atoms with Crippen LogP contribution in [-0.2, 0) is 4.79 Å². The van der Waals surface area contributed by atoms with Gasteiger partial charge in [-0.3, -0.25) is 4.79 Å². The maximum Gasteiger partial charge on any atom is 0.308 e. The molecule has 3 nitrogen and oxygen atoms in total. The van der Waals surface area contributed by atoms with Crippen molar-refractivity contribution < 1.29 is 9.53 Å². The number of thiazole rings is 1. The van der Waals surface area contributed by atoms with Gasteiger partial charge in [0.2, 0.25) is 0 Å². The topological polar surface area (TPSA) is 39.2 Å². The van der Waals surface area contributed by atoms with Crippen LogP contribution < -0.4 is 4.74 Å². The Morgan fingerprint density at radius 2 is 2.13 bits per heavy atom. The number of esters is 1. The van der Waals surface area contributed by atoms with Crippen molar-refractivity contribution in [3.05, 3.63) is 22.7 Å². The van der Waals surface area contributed by atoms with Gasteiger partial charge < -0.3 is 4.74 Å². The van der Waals surface area contributed by atoms with Crippen LogP contribution in [0.5, 0.6) is 5.75 Å². The predicted molar refractivity (Wildman–Crippen MR) is 60.4 cm³/mol. The molecule has 15 heavy (non-hydrogen) atoms. The van der Waals surface area contributed by atoms with Crippen molar-refractivity contribution in [1.29, 1.82) is 0 Å². The normalized spacial score (nSPS) is 10.6. The van der Waals surface area contributed by atoms with Gasteiger partial charge >= 0.3 is 5.97 Å². The SMILES string of the molecule is CC(=O)Oc1cc2sc(C)nc2cc1C. The lowest BCUT2D eigenvalue weighted by Crippen LogP contribution is -2.02. The summed E-state index contributed by atoms with van der Waals surface area (Å²) in [5.74, 6) is 0.331. The van der Waals surface area contributed by atoms with Crippen LogP contribution in [0, 0.1) is 13.8 Å². The summed E-state index contributed by atoms with van der Waals surface area (Å²) >= 11 is 1.60. The maximum atomic E-state index is 10.9. The first kappa shape index (κ1) is 10.1. The molecular weight excluding hydrogens is 210 g/mol. The second kappa shape index (κ2) is 3.62. The van der Waals surface area contributed by atoms with Gasteiger partial charge in [0.1, 0.15) is 5.75 Å². The number of fused-ring (bicyclic) bond motifs is 1. The van der Waals surface area contributed by atoms with Crippen molar-refractivity contribution in [1.82, 2.24) is 4.98 Å². The summed E-state index contributed by atoms with van der Waals surface area (Å²) in [6.45, 7) is 5.28. The van der Waals surface area contributed by atoms with Crippen molar-refractivity contribution in [2.45, 2.75) is 20.8 Å². The lowest BCUT2D eigenvalue weighted by molar-refractivity contribution is -0.131. The zero-order valence-corrected chi connectivity index (χ0v) is 9.64. The largest absolute Gasteiger partial charge is 0.426 e. The Bertz CT molecular complexity index is 531. The monoisotopic (exact) mass is 221 g/mol. The Labute approximate surface area is 91.7 Å². The fraction of sp³-hybridized carbons (Fsp3) is 0.273. The minimum absolute atomic E-state index is 0.293. The van der Waals surface area contributed by atoms with Crippen LogP contribution in [0.2, 0.25) is 0 Å². The van der Waals surface area contributed by atoms with Gasteiger partial charge in [-0.15, -0.1) is 11.3 Å². The highest BCUT2D eigenvalue weighted by Gasteiger charge is 2.07. The third-order valence-electron chi connectivity index (χ3n) is 2.05. The predicted octanol–water partition coefficient (Wildman–Crippen LogP) is 2.84. The molecule has 2 rings (SSSR count). The average Bonchev–Trinajstić information content (AvgIpc) is 2.44. The fourth-order valence-corrected chi connectivity index (χ4v) is 2.28. The van der Waals surface area contributed by atoms with Crippen LogP contribution in [0.3, 0.4) is 0 Å². The summed E-state index contributed by atoms with van der Waals surface area (Å²) < 4.78 is 6.15. The number of carbonyl (C=O) groups is 1. The zero-order chi connectivity index (χ0) is 11.0. The van der Waals surface area contributed by atoms with E-state index in [0.717, 1.165) is 20.8 Å². The molecule has 0 saturated heterocycles. The minimum atomic E-state index is -0.293. The van der Waals surface area contributed by atoms with E-state index in [0.29, 0.717) is 5.75 Å². The van der Waals surface area contributed by atoms with Crippen molar-refractivity contribution in [3.8, 4) is 5.75 Å². The maximum absolute atomic E-state index is 10.9. The molecule has 0 spiro atoms. The van der Waals surface area contributed by atoms with Gasteiger partial charge in [0.05, 0.1) is 15.2 Å². The standard InChI is InChI=1S/C11H11NO2S/c1-6-4-9-11(15-7(2)12-9)5-10(6)14-8(3)13/h4-5H,1-3H3. The van der Waals surface area contributed by atoms with Crippen molar-refractivity contribution >= 4 is 27.5 Å².